The third-order valence-electron chi connectivity index (χ3n) is 5.84. The molecular formula is C22H33N3OS. The lowest BCUT2D eigenvalue weighted by Crippen LogP contribution is -2.53. The Morgan fingerprint density at radius 2 is 1.52 bits per heavy atom. The maximum atomic E-state index is 12.7. The summed E-state index contributed by atoms with van der Waals surface area (Å²) >= 11 is 5.60. The Labute approximate surface area is 169 Å². The van der Waals surface area contributed by atoms with Crippen LogP contribution in [0.15, 0.2) is 24.3 Å². The molecule has 0 bridgehead atoms. The molecule has 3 rings (SSSR count). The third kappa shape index (κ3) is 5.22. The molecule has 5 heteroatoms. The van der Waals surface area contributed by atoms with Gasteiger partial charge in [0.1, 0.15) is 0 Å². The fourth-order valence-electron chi connectivity index (χ4n) is 3.99. The van der Waals surface area contributed by atoms with Crippen LogP contribution in [0.25, 0.3) is 0 Å². The van der Waals surface area contributed by atoms with Gasteiger partial charge in [0.15, 0.2) is 5.11 Å². The summed E-state index contributed by atoms with van der Waals surface area (Å²) < 4.78 is 0. The summed E-state index contributed by atoms with van der Waals surface area (Å²) in [5, 5.41) is 4.10. The standard InChI is InChI=1S/C22H33N3OS/c1-22(2,3)18-9-11-19(12-10-18)23-21(27)25-15-13-24(14-16-25)20(26)17-7-5-4-6-8-17/h9-12,17H,4-8,13-16H2,1-3H3,(H,23,27). The van der Waals surface area contributed by atoms with Gasteiger partial charge in [-0.2, -0.15) is 0 Å². The first-order valence-electron chi connectivity index (χ1n) is 10.3. The SMILES string of the molecule is CC(C)(C)c1ccc(NC(=S)N2CCN(C(=O)C3CCCCC3)CC2)cc1. The van der Waals surface area contributed by atoms with Gasteiger partial charge in [-0.25, -0.2) is 0 Å². The number of anilines is 1. The number of hydrogen-bond acceptors (Lipinski definition) is 2. The average molecular weight is 388 g/mol. The van der Waals surface area contributed by atoms with Crippen molar-refractivity contribution in [2.75, 3.05) is 31.5 Å². The molecule has 0 aromatic heterocycles. The first kappa shape index (κ1) is 20.1. The van der Waals surface area contributed by atoms with E-state index in [9.17, 15) is 4.79 Å². The van der Waals surface area contributed by atoms with Gasteiger partial charge >= 0.3 is 0 Å². The van der Waals surface area contributed by atoms with Crippen LogP contribution in [0, 0.1) is 5.92 Å². The van der Waals surface area contributed by atoms with Crippen LogP contribution in [0.2, 0.25) is 0 Å². The maximum absolute atomic E-state index is 12.7. The van der Waals surface area contributed by atoms with Crippen molar-refractivity contribution in [1.82, 2.24) is 9.80 Å². The first-order valence-corrected chi connectivity index (χ1v) is 10.7. The summed E-state index contributed by atoms with van der Waals surface area (Å²) in [5.74, 6) is 0.628. The number of thiocarbonyl (C=S) groups is 1. The van der Waals surface area contributed by atoms with Gasteiger partial charge in [0, 0.05) is 37.8 Å². The second kappa shape index (κ2) is 8.59. The summed E-state index contributed by atoms with van der Waals surface area (Å²) in [4.78, 5) is 16.9. The van der Waals surface area contributed by atoms with Gasteiger partial charge < -0.3 is 15.1 Å². The van der Waals surface area contributed by atoms with Crippen molar-refractivity contribution in [3.63, 3.8) is 0 Å². The molecule has 0 radical (unpaired) electrons. The minimum absolute atomic E-state index is 0.153. The van der Waals surface area contributed by atoms with Crippen molar-refractivity contribution >= 4 is 28.9 Å². The number of carbonyl (C=O) groups excluding carboxylic acids is 1. The summed E-state index contributed by atoms with van der Waals surface area (Å²) in [6.45, 7) is 9.82. The van der Waals surface area contributed by atoms with E-state index in [1.54, 1.807) is 0 Å². The van der Waals surface area contributed by atoms with Crippen LogP contribution in [0.1, 0.15) is 58.4 Å². The summed E-state index contributed by atoms with van der Waals surface area (Å²) in [5.41, 5.74) is 2.49. The van der Waals surface area contributed by atoms with Crippen molar-refractivity contribution in [3.8, 4) is 0 Å². The highest BCUT2D eigenvalue weighted by molar-refractivity contribution is 7.80. The predicted molar refractivity (Wildman–Crippen MR) is 116 cm³/mol. The van der Waals surface area contributed by atoms with Crippen LogP contribution in [0.4, 0.5) is 5.69 Å². The minimum atomic E-state index is 0.153. The number of benzene rings is 1. The zero-order valence-corrected chi connectivity index (χ0v) is 17.8. The molecule has 1 aliphatic carbocycles. The molecule has 1 aliphatic heterocycles. The number of nitrogens with zero attached hydrogens (tertiary/aromatic N) is 2. The first-order chi connectivity index (χ1) is 12.8. The largest absolute Gasteiger partial charge is 0.345 e. The lowest BCUT2D eigenvalue weighted by Gasteiger charge is -2.38. The van der Waals surface area contributed by atoms with E-state index in [1.807, 2.05) is 4.90 Å². The van der Waals surface area contributed by atoms with Crippen molar-refractivity contribution in [2.24, 2.45) is 5.92 Å². The Hall–Kier alpha value is -1.62. The smallest absolute Gasteiger partial charge is 0.225 e. The Balaban J connectivity index is 1.49. The normalized spacial score (nSPS) is 19.1. The molecular weight excluding hydrogens is 354 g/mol. The zero-order valence-electron chi connectivity index (χ0n) is 17.0. The van der Waals surface area contributed by atoms with Crippen LogP contribution in [-0.4, -0.2) is 47.0 Å². The fourth-order valence-corrected chi connectivity index (χ4v) is 4.29. The highest BCUT2D eigenvalue weighted by atomic mass is 32.1. The lowest BCUT2D eigenvalue weighted by molar-refractivity contribution is -0.137. The van der Waals surface area contributed by atoms with E-state index in [0.717, 1.165) is 49.8 Å². The zero-order chi connectivity index (χ0) is 19.4. The Bertz CT molecular complexity index is 651. The van der Waals surface area contributed by atoms with Crippen molar-refractivity contribution in [3.05, 3.63) is 29.8 Å². The molecule has 1 amide bonds. The predicted octanol–water partition coefficient (Wildman–Crippen LogP) is 4.41. The molecule has 27 heavy (non-hydrogen) atoms. The van der Waals surface area contributed by atoms with Gasteiger partial charge in [-0.05, 0) is 48.2 Å². The molecule has 1 heterocycles. The van der Waals surface area contributed by atoms with Crippen LogP contribution >= 0.6 is 12.2 Å². The molecule has 2 aliphatic rings. The lowest BCUT2D eigenvalue weighted by atomic mass is 9.87. The third-order valence-corrected chi connectivity index (χ3v) is 6.20. The number of hydrogen-bond donors (Lipinski definition) is 1. The van der Waals surface area contributed by atoms with Crippen LogP contribution in [0.5, 0.6) is 0 Å². The van der Waals surface area contributed by atoms with E-state index in [1.165, 1.54) is 24.8 Å². The molecule has 1 saturated carbocycles. The number of rotatable bonds is 2. The van der Waals surface area contributed by atoms with Gasteiger partial charge in [-0.1, -0.05) is 52.2 Å². The Kier molecular flexibility index (Phi) is 6.40. The molecule has 148 valence electrons. The topological polar surface area (TPSA) is 35.6 Å². The Morgan fingerprint density at radius 3 is 2.07 bits per heavy atom. The van der Waals surface area contributed by atoms with Gasteiger partial charge in [-0.15, -0.1) is 0 Å². The molecule has 1 saturated heterocycles. The summed E-state index contributed by atoms with van der Waals surface area (Å²) in [6.07, 6.45) is 5.85. The molecule has 1 N–H and O–H groups in total. The van der Waals surface area contributed by atoms with Crippen LogP contribution in [-0.2, 0) is 10.2 Å². The minimum Gasteiger partial charge on any atom is -0.345 e. The number of amides is 1. The fraction of sp³-hybridized carbons (Fsp3) is 0.636. The number of piperazine rings is 1. The molecule has 0 spiro atoms. The number of nitrogens with one attached hydrogen (secondary N) is 1. The number of carbonyl (C=O) groups is 1. The van der Waals surface area contributed by atoms with E-state index in [2.05, 4.69) is 55.3 Å². The second-order valence-corrected chi connectivity index (χ2v) is 9.29. The Morgan fingerprint density at radius 1 is 0.963 bits per heavy atom. The monoisotopic (exact) mass is 387 g/mol. The van der Waals surface area contributed by atoms with Crippen LogP contribution < -0.4 is 5.32 Å². The summed E-state index contributed by atoms with van der Waals surface area (Å²) in [7, 11) is 0. The second-order valence-electron chi connectivity index (χ2n) is 8.90. The maximum Gasteiger partial charge on any atom is 0.225 e. The molecule has 2 fully saturated rings. The average Bonchev–Trinajstić information content (AvgIpc) is 2.68. The molecule has 1 aromatic rings. The van der Waals surface area contributed by atoms with Gasteiger partial charge in [0.2, 0.25) is 5.91 Å². The van der Waals surface area contributed by atoms with E-state index in [-0.39, 0.29) is 11.3 Å². The quantitative estimate of drug-likeness (QED) is 0.763. The van der Waals surface area contributed by atoms with E-state index in [4.69, 9.17) is 12.2 Å². The van der Waals surface area contributed by atoms with E-state index < -0.39 is 0 Å². The molecule has 4 nitrogen and oxygen atoms in total. The van der Waals surface area contributed by atoms with Gasteiger partial charge in [0.25, 0.3) is 0 Å². The highest BCUT2D eigenvalue weighted by Gasteiger charge is 2.29. The van der Waals surface area contributed by atoms with Crippen LogP contribution in [0.3, 0.4) is 0 Å². The molecule has 0 atom stereocenters. The van der Waals surface area contributed by atoms with Crippen molar-refractivity contribution < 1.29 is 4.79 Å². The highest BCUT2D eigenvalue weighted by Crippen LogP contribution is 2.26. The van der Waals surface area contributed by atoms with Crippen molar-refractivity contribution in [1.29, 1.82) is 0 Å². The summed E-state index contributed by atoms with van der Waals surface area (Å²) in [6, 6.07) is 8.50. The van der Waals surface area contributed by atoms with Gasteiger partial charge in [0.05, 0.1) is 0 Å². The van der Waals surface area contributed by atoms with Gasteiger partial charge in [-0.3, -0.25) is 4.79 Å². The van der Waals surface area contributed by atoms with E-state index in [0.29, 0.717) is 5.91 Å². The molecule has 0 unspecified atom stereocenters. The van der Waals surface area contributed by atoms with Crippen molar-refractivity contribution in [2.45, 2.75) is 58.3 Å². The molecule has 1 aromatic carbocycles. The van der Waals surface area contributed by atoms with E-state index >= 15 is 0 Å².